The van der Waals surface area contributed by atoms with Crippen molar-refractivity contribution in [2.24, 2.45) is 5.73 Å². The molecule has 0 unspecified atom stereocenters. The van der Waals surface area contributed by atoms with Gasteiger partial charge in [-0.25, -0.2) is 19.3 Å². The number of carbonyl (C=O) groups is 2. The molecule has 15 heteroatoms. The van der Waals surface area contributed by atoms with Crippen molar-refractivity contribution in [2.75, 3.05) is 18.5 Å². The molecule has 11 nitrogen and oxygen atoms in total. The number of aryl methyl sites for hydroxylation is 1. The van der Waals surface area contributed by atoms with Crippen molar-refractivity contribution in [3.8, 4) is 17.0 Å². The van der Waals surface area contributed by atoms with E-state index in [0.29, 0.717) is 16.6 Å². The number of nitrogens with one attached hydrogen (secondary N) is 2. The lowest BCUT2D eigenvalue weighted by molar-refractivity contribution is -0.265. The number of fused-ring (bicyclic) bond motifs is 2. The minimum atomic E-state index is -5.38. The number of hydrogen-bond acceptors (Lipinski definition) is 9. The summed E-state index contributed by atoms with van der Waals surface area (Å²) < 4.78 is 64.0. The van der Waals surface area contributed by atoms with Crippen LogP contribution in [-0.2, 0) is 15.8 Å². The van der Waals surface area contributed by atoms with Crippen LogP contribution in [0.5, 0.6) is 5.75 Å². The second kappa shape index (κ2) is 11.8. The number of anilines is 2. The van der Waals surface area contributed by atoms with Crippen molar-refractivity contribution in [2.45, 2.75) is 31.0 Å². The van der Waals surface area contributed by atoms with Crippen LogP contribution >= 0.6 is 0 Å². The van der Waals surface area contributed by atoms with E-state index < -0.39 is 47.1 Å². The first kappa shape index (κ1) is 32.2. The highest BCUT2D eigenvalue weighted by molar-refractivity contribution is 6.02. The van der Waals surface area contributed by atoms with Gasteiger partial charge in [0, 0.05) is 40.7 Å². The Kier molecular flexibility index (Phi) is 7.95. The zero-order valence-corrected chi connectivity index (χ0v) is 25.4. The minimum Gasteiger partial charge on any atom is -0.489 e. The Balaban J connectivity index is 1.41. The van der Waals surface area contributed by atoms with E-state index in [2.05, 4.69) is 30.6 Å². The number of aromatic nitrogens is 4. The van der Waals surface area contributed by atoms with Gasteiger partial charge in [0.05, 0.1) is 23.4 Å². The monoisotopic (exact) mass is 661 g/mol. The van der Waals surface area contributed by atoms with Gasteiger partial charge >= 0.3 is 6.18 Å². The number of nitrogens with two attached hydrogens (primary N) is 1. The van der Waals surface area contributed by atoms with Crippen molar-refractivity contribution >= 4 is 34.4 Å². The quantitative estimate of drug-likeness (QED) is 0.174. The fourth-order valence-corrected chi connectivity index (χ4v) is 5.32. The van der Waals surface area contributed by atoms with Gasteiger partial charge in [0.2, 0.25) is 17.5 Å². The smallest absolute Gasteiger partial charge is 0.424 e. The van der Waals surface area contributed by atoms with E-state index >= 15 is 0 Å². The Morgan fingerprint density at radius 1 is 1.06 bits per heavy atom. The molecule has 2 atom stereocenters. The number of rotatable bonds is 8. The average Bonchev–Trinajstić information content (AvgIpc) is 3.40. The molecule has 5 aromatic rings. The highest BCUT2D eigenvalue weighted by Crippen LogP contribution is 2.47. The maximum atomic E-state index is 14.8. The van der Waals surface area contributed by atoms with Crippen LogP contribution in [0.4, 0.5) is 29.2 Å². The number of nitrogens with zero attached hydrogens (tertiary/aromatic N) is 4. The second-order valence-corrected chi connectivity index (χ2v) is 11.6. The minimum absolute atomic E-state index is 0.0392. The van der Waals surface area contributed by atoms with Crippen molar-refractivity contribution in [1.29, 1.82) is 0 Å². The zero-order chi connectivity index (χ0) is 34.4. The Morgan fingerprint density at radius 2 is 1.77 bits per heavy atom. The Labute approximate surface area is 270 Å². The molecule has 0 radical (unpaired) electrons. The van der Waals surface area contributed by atoms with Crippen molar-refractivity contribution in [1.82, 2.24) is 25.3 Å². The van der Waals surface area contributed by atoms with Gasteiger partial charge in [-0.2, -0.15) is 13.2 Å². The summed E-state index contributed by atoms with van der Waals surface area (Å²) in [5.41, 5.74) is 0.732. The van der Waals surface area contributed by atoms with Crippen molar-refractivity contribution < 1.29 is 37.0 Å². The lowest BCUT2D eigenvalue weighted by Crippen LogP contribution is -2.51. The zero-order valence-electron chi connectivity index (χ0n) is 25.4. The number of alkyl halides is 3. The van der Waals surface area contributed by atoms with Gasteiger partial charge in [-0.15, -0.1) is 0 Å². The van der Waals surface area contributed by atoms with E-state index in [1.54, 1.807) is 25.3 Å². The molecule has 0 bridgehead atoms. The first-order chi connectivity index (χ1) is 22.7. The van der Waals surface area contributed by atoms with Gasteiger partial charge in [-0.1, -0.05) is 0 Å². The number of ether oxygens (including phenoxy) is 1. The number of carbonyl (C=O) groups excluding carboxylic acids is 2. The summed E-state index contributed by atoms with van der Waals surface area (Å²) in [6, 6.07) is 11.7. The fourth-order valence-electron chi connectivity index (χ4n) is 5.32. The molecule has 246 valence electrons. The van der Waals surface area contributed by atoms with Crippen LogP contribution in [0.1, 0.15) is 34.1 Å². The number of benzene rings is 2. The third kappa shape index (κ3) is 5.72. The molecule has 0 saturated heterocycles. The molecule has 48 heavy (non-hydrogen) atoms. The Bertz CT molecular complexity index is 2060. The lowest BCUT2D eigenvalue weighted by atomic mass is 9.81. The molecule has 0 spiro atoms. The first-order valence-corrected chi connectivity index (χ1v) is 14.5. The molecule has 0 aliphatic carbocycles. The predicted octanol–water partition coefficient (Wildman–Crippen LogP) is 4.59. The summed E-state index contributed by atoms with van der Waals surface area (Å²) in [5, 5.41) is 17.0. The Morgan fingerprint density at radius 3 is 2.44 bits per heavy atom. The van der Waals surface area contributed by atoms with Gasteiger partial charge < -0.3 is 26.2 Å². The number of aliphatic hydroxyl groups is 1. The normalized spacial score (nSPS) is 16.9. The summed E-state index contributed by atoms with van der Waals surface area (Å²) in [4.78, 5) is 42.7. The van der Waals surface area contributed by atoms with Crippen molar-refractivity contribution in [3.05, 3.63) is 101 Å². The average molecular weight is 662 g/mol. The summed E-state index contributed by atoms with van der Waals surface area (Å²) in [6.45, 7) is 1.50. The molecule has 6 rings (SSSR count). The van der Waals surface area contributed by atoms with Gasteiger partial charge in [0.25, 0.3) is 5.91 Å². The van der Waals surface area contributed by atoms with Gasteiger partial charge in [-0.3, -0.25) is 14.6 Å². The largest absolute Gasteiger partial charge is 0.489 e. The lowest BCUT2D eigenvalue weighted by Gasteiger charge is -2.31. The standard InChI is InChI=1S/C33H27F4N7O4/c1-17-10-19-11-20(12-23(25(19)41-14-17)43-30-39-8-3-9-40-30)28(45)42-15-32(47,33(35,36)37)24-13-22-27(48-16-31(22,2)29(38)46)26(44-24)18-4-6-21(34)7-5-18/h3-14,47H,15-16H2,1-2H3,(H2,38,46)(H,42,45)(H,39,40,43)/t31-,32-/m0/s1. The van der Waals surface area contributed by atoms with E-state index in [1.165, 1.54) is 43.6 Å². The highest BCUT2D eigenvalue weighted by Gasteiger charge is 2.57. The summed E-state index contributed by atoms with van der Waals surface area (Å²) in [7, 11) is 0. The molecule has 5 N–H and O–H groups in total. The number of primary amides is 1. The third-order valence-electron chi connectivity index (χ3n) is 8.13. The molecular weight excluding hydrogens is 634 g/mol. The predicted molar refractivity (Wildman–Crippen MR) is 166 cm³/mol. The third-order valence-corrected chi connectivity index (χ3v) is 8.13. The van der Waals surface area contributed by atoms with Gasteiger partial charge in [-0.05, 0) is 74.0 Å². The Hall–Kier alpha value is -5.70. The molecule has 0 fully saturated rings. The fraction of sp³-hybridized carbons (Fsp3) is 0.212. The molecule has 1 aliphatic heterocycles. The van der Waals surface area contributed by atoms with Crippen LogP contribution in [0.2, 0.25) is 0 Å². The van der Waals surface area contributed by atoms with Crippen LogP contribution in [-0.4, -0.2) is 56.2 Å². The molecule has 2 amide bonds. The maximum Gasteiger partial charge on any atom is 0.424 e. The summed E-state index contributed by atoms with van der Waals surface area (Å²) >= 11 is 0. The van der Waals surface area contributed by atoms with E-state index in [0.717, 1.165) is 23.8 Å². The van der Waals surface area contributed by atoms with Crippen LogP contribution < -0.4 is 21.1 Å². The molecular formula is C33H27F4N7O4. The van der Waals surface area contributed by atoms with E-state index in [9.17, 15) is 32.3 Å². The van der Waals surface area contributed by atoms with Crippen molar-refractivity contribution in [3.63, 3.8) is 0 Å². The molecule has 4 heterocycles. The molecule has 2 aromatic carbocycles. The highest BCUT2D eigenvalue weighted by atomic mass is 19.4. The van der Waals surface area contributed by atoms with Gasteiger partial charge in [0.15, 0.2) is 0 Å². The SMILES string of the molecule is Cc1cnc2c(Nc3ncccn3)cc(C(=O)NC[C@](O)(c3cc4c(c(-c5ccc(F)cc5)n3)OC[C@]4(C)C(N)=O)C(F)(F)F)cc2c1. The topological polar surface area (TPSA) is 165 Å². The van der Waals surface area contributed by atoms with E-state index in [1.807, 2.05) is 0 Å². The first-order valence-electron chi connectivity index (χ1n) is 14.5. The van der Waals surface area contributed by atoms with E-state index in [4.69, 9.17) is 10.5 Å². The summed E-state index contributed by atoms with van der Waals surface area (Å²) in [6.07, 6.45) is -0.779. The van der Waals surface area contributed by atoms with Crippen LogP contribution in [0.15, 0.2) is 73.2 Å². The summed E-state index contributed by atoms with van der Waals surface area (Å²) in [5.74, 6) is -2.31. The van der Waals surface area contributed by atoms with Crippen LogP contribution in [0.3, 0.4) is 0 Å². The van der Waals surface area contributed by atoms with Crippen LogP contribution in [0.25, 0.3) is 22.2 Å². The maximum absolute atomic E-state index is 14.8. The number of hydrogen-bond donors (Lipinski definition) is 4. The number of amides is 2. The molecule has 3 aromatic heterocycles. The second-order valence-electron chi connectivity index (χ2n) is 11.6. The number of halogens is 4. The van der Waals surface area contributed by atoms with Gasteiger partial charge in [0.1, 0.15) is 29.3 Å². The van der Waals surface area contributed by atoms with Crippen LogP contribution in [0, 0.1) is 12.7 Å². The number of pyridine rings is 2. The van der Waals surface area contributed by atoms with E-state index in [-0.39, 0.29) is 40.7 Å². The molecule has 0 saturated carbocycles. The molecule has 1 aliphatic rings.